The summed E-state index contributed by atoms with van der Waals surface area (Å²) in [5, 5.41) is 2.89. The Labute approximate surface area is 135 Å². The number of nitrogens with zero attached hydrogens (tertiary/aromatic N) is 2. The first-order chi connectivity index (χ1) is 9.17. The van der Waals surface area contributed by atoms with Crippen LogP contribution in [0.1, 0.15) is 19.3 Å². The Morgan fingerprint density at radius 1 is 1.33 bits per heavy atom. The Morgan fingerprint density at radius 3 is 2.67 bits per heavy atom. The van der Waals surface area contributed by atoms with Gasteiger partial charge in [-0.3, -0.25) is 4.79 Å². The van der Waals surface area contributed by atoms with Gasteiger partial charge in [0.25, 0.3) is 0 Å². The van der Waals surface area contributed by atoms with Crippen molar-refractivity contribution in [2.75, 3.05) is 5.32 Å². The first-order valence-corrected chi connectivity index (χ1v) is 6.36. The standard InChI is InChI=1S/C14H16N4O.2ClH/c15-14(5-2-6-14)13(19)17-11-3-1-4-12(9-11)18-8-7-16-10-18;;/h1,3-4,7-10H,2,5-6,15H2,(H,17,19);2*1H. The number of benzene rings is 1. The lowest BCUT2D eigenvalue weighted by Crippen LogP contribution is -2.56. The molecule has 0 unspecified atom stereocenters. The summed E-state index contributed by atoms with van der Waals surface area (Å²) in [4.78, 5) is 16.1. The van der Waals surface area contributed by atoms with Gasteiger partial charge in [0.2, 0.25) is 5.91 Å². The van der Waals surface area contributed by atoms with Crippen molar-refractivity contribution in [2.24, 2.45) is 5.73 Å². The molecule has 0 aliphatic heterocycles. The molecule has 1 aromatic carbocycles. The van der Waals surface area contributed by atoms with Gasteiger partial charge in [0.1, 0.15) is 0 Å². The molecule has 5 nitrogen and oxygen atoms in total. The van der Waals surface area contributed by atoms with Crippen molar-refractivity contribution in [1.82, 2.24) is 9.55 Å². The SMILES string of the molecule is Cl.Cl.NC1(C(=O)Nc2cccc(-n3ccnc3)c2)CCC1. The largest absolute Gasteiger partial charge is 0.324 e. The number of amides is 1. The monoisotopic (exact) mass is 328 g/mol. The molecule has 1 fully saturated rings. The van der Waals surface area contributed by atoms with Crippen molar-refractivity contribution in [3.05, 3.63) is 43.0 Å². The maximum atomic E-state index is 12.1. The molecule has 0 spiro atoms. The van der Waals surface area contributed by atoms with Crippen molar-refractivity contribution in [1.29, 1.82) is 0 Å². The average Bonchev–Trinajstić information content (AvgIpc) is 2.90. The molecule has 1 amide bonds. The first-order valence-electron chi connectivity index (χ1n) is 6.36. The van der Waals surface area contributed by atoms with Crippen LogP contribution in [-0.4, -0.2) is 21.0 Å². The van der Waals surface area contributed by atoms with Gasteiger partial charge in [-0.15, -0.1) is 24.8 Å². The maximum absolute atomic E-state index is 12.1. The fourth-order valence-electron chi connectivity index (χ4n) is 2.20. The van der Waals surface area contributed by atoms with Gasteiger partial charge in [0.15, 0.2) is 0 Å². The lowest BCUT2D eigenvalue weighted by molar-refractivity contribution is -0.123. The molecule has 7 heteroatoms. The molecule has 0 saturated heterocycles. The van der Waals surface area contributed by atoms with Crippen molar-refractivity contribution < 1.29 is 4.79 Å². The summed E-state index contributed by atoms with van der Waals surface area (Å²) in [6.07, 6.45) is 7.85. The van der Waals surface area contributed by atoms with Crippen LogP contribution in [0.2, 0.25) is 0 Å². The van der Waals surface area contributed by atoms with Gasteiger partial charge in [0, 0.05) is 23.8 Å². The molecular weight excluding hydrogens is 311 g/mol. The highest BCUT2D eigenvalue weighted by Gasteiger charge is 2.40. The molecule has 21 heavy (non-hydrogen) atoms. The third-order valence-corrected chi connectivity index (χ3v) is 3.60. The average molecular weight is 329 g/mol. The highest BCUT2D eigenvalue weighted by atomic mass is 35.5. The molecule has 3 N–H and O–H groups in total. The summed E-state index contributed by atoms with van der Waals surface area (Å²) in [6, 6.07) is 7.62. The minimum absolute atomic E-state index is 0. The smallest absolute Gasteiger partial charge is 0.244 e. The zero-order chi connectivity index (χ0) is 13.3. The van der Waals surface area contributed by atoms with Crippen LogP contribution in [-0.2, 0) is 4.79 Å². The highest BCUT2D eigenvalue weighted by molar-refractivity contribution is 5.98. The van der Waals surface area contributed by atoms with E-state index >= 15 is 0 Å². The van der Waals surface area contributed by atoms with Gasteiger partial charge in [-0.1, -0.05) is 6.07 Å². The van der Waals surface area contributed by atoms with E-state index in [1.165, 1.54) is 0 Å². The van der Waals surface area contributed by atoms with E-state index in [1.54, 1.807) is 12.5 Å². The molecule has 1 saturated carbocycles. The van der Waals surface area contributed by atoms with Crippen LogP contribution < -0.4 is 11.1 Å². The molecule has 1 aromatic heterocycles. The van der Waals surface area contributed by atoms with Crippen molar-refractivity contribution in [2.45, 2.75) is 24.8 Å². The molecule has 1 aliphatic carbocycles. The minimum atomic E-state index is -0.676. The van der Waals surface area contributed by atoms with E-state index in [4.69, 9.17) is 5.73 Å². The third-order valence-electron chi connectivity index (χ3n) is 3.60. The number of nitrogens with one attached hydrogen (secondary N) is 1. The lowest BCUT2D eigenvalue weighted by atomic mass is 9.77. The Hall–Kier alpha value is -1.56. The number of hydrogen-bond acceptors (Lipinski definition) is 3. The normalized spacial score (nSPS) is 15.1. The van der Waals surface area contributed by atoms with Crippen molar-refractivity contribution in [3.8, 4) is 5.69 Å². The maximum Gasteiger partial charge on any atom is 0.244 e. The minimum Gasteiger partial charge on any atom is -0.324 e. The van der Waals surface area contributed by atoms with Gasteiger partial charge in [-0.2, -0.15) is 0 Å². The Bertz CT molecular complexity index is 597. The van der Waals surface area contributed by atoms with Crippen LogP contribution in [0.25, 0.3) is 5.69 Å². The summed E-state index contributed by atoms with van der Waals surface area (Å²) < 4.78 is 1.89. The van der Waals surface area contributed by atoms with Gasteiger partial charge in [0.05, 0.1) is 11.9 Å². The number of carbonyl (C=O) groups excluding carboxylic acids is 1. The van der Waals surface area contributed by atoms with Crippen molar-refractivity contribution >= 4 is 36.4 Å². The number of anilines is 1. The molecule has 0 atom stereocenters. The second-order valence-electron chi connectivity index (χ2n) is 4.98. The van der Waals surface area contributed by atoms with Crippen LogP contribution in [0.5, 0.6) is 0 Å². The third kappa shape index (κ3) is 3.56. The molecule has 3 rings (SSSR count). The topological polar surface area (TPSA) is 72.9 Å². The Balaban J connectivity index is 0.00000110. The predicted octanol–water partition coefficient (Wildman–Crippen LogP) is 2.54. The summed E-state index contributed by atoms with van der Waals surface area (Å²) in [7, 11) is 0. The van der Waals surface area contributed by atoms with Crippen molar-refractivity contribution in [3.63, 3.8) is 0 Å². The zero-order valence-electron chi connectivity index (χ0n) is 11.4. The van der Waals surface area contributed by atoms with Crippen LogP contribution >= 0.6 is 24.8 Å². The van der Waals surface area contributed by atoms with Crippen LogP contribution in [0.15, 0.2) is 43.0 Å². The molecule has 0 bridgehead atoms. The number of imidazole rings is 1. The van der Waals surface area contributed by atoms with Gasteiger partial charge in [-0.05, 0) is 37.5 Å². The lowest BCUT2D eigenvalue weighted by Gasteiger charge is -2.36. The predicted molar refractivity (Wildman–Crippen MR) is 87.5 cm³/mol. The summed E-state index contributed by atoms with van der Waals surface area (Å²) in [5.41, 5.74) is 7.04. The Kier molecular flexibility index (Phi) is 5.78. The van der Waals surface area contributed by atoms with E-state index in [1.807, 2.05) is 35.0 Å². The molecule has 2 aromatic rings. The zero-order valence-corrected chi connectivity index (χ0v) is 13.0. The molecule has 1 aliphatic rings. The fraction of sp³-hybridized carbons (Fsp3) is 0.286. The second-order valence-corrected chi connectivity index (χ2v) is 4.98. The van der Waals surface area contributed by atoms with Gasteiger partial charge >= 0.3 is 0 Å². The van der Waals surface area contributed by atoms with Gasteiger partial charge < -0.3 is 15.6 Å². The van der Waals surface area contributed by atoms with E-state index in [0.29, 0.717) is 0 Å². The second kappa shape index (κ2) is 6.93. The van der Waals surface area contributed by atoms with Crippen LogP contribution in [0.4, 0.5) is 5.69 Å². The van der Waals surface area contributed by atoms with E-state index in [2.05, 4.69) is 10.3 Å². The number of halogens is 2. The van der Waals surface area contributed by atoms with Crippen LogP contribution in [0, 0.1) is 0 Å². The number of carbonyl (C=O) groups is 1. The highest BCUT2D eigenvalue weighted by Crippen LogP contribution is 2.30. The Morgan fingerprint density at radius 2 is 2.10 bits per heavy atom. The quantitative estimate of drug-likeness (QED) is 0.909. The first kappa shape index (κ1) is 17.5. The van der Waals surface area contributed by atoms with E-state index in [9.17, 15) is 4.79 Å². The van der Waals surface area contributed by atoms with E-state index < -0.39 is 5.54 Å². The fourth-order valence-corrected chi connectivity index (χ4v) is 2.20. The summed E-state index contributed by atoms with van der Waals surface area (Å²) in [5.74, 6) is -0.0958. The number of nitrogens with two attached hydrogens (primary N) is 1. The number of hydrogen-bond donors (Lipinski definition) is 2. The molecule has 114 valence electrons. The summed E-state index contributed by atoms with van der Waals surface area (Å²) >= 11 is 0. The number of aromatic nitrogens is 2. The van der Waals surface area contributed by atoms with Crippen LogP contribution in [0.3, 0.4) is 0 Å². The number of rotatable bonds is 3. The molecular formula is C14H18Cl2N4O. The van der Waals surface area contributed by atoms with E-state index in [0.717, 1.165) is 30.6 Å². The van der Waals surface area contributed by atoms with Gasteiger partial charge in [-0.25, -0.2) is 4.98 Å². The summed E-state index contributed by atoms with van der Waals surface area (Å²) in [6.45, 7) is 0. The molecule has 1 heterocycles. The molecule has 0 radical (unpaired) electrons. The van der Waals surface area contributed by atoms with E-state index in [-0.39, 0.29) is 30.7 Å².